The molecule has 1 aromatic heterocycles. The normalized spacial score (nSPS) is 19.3. The third-order valence-electron chi connectivity index (χ3n) is 9.20. The van der Waals surface area contributed by atoms with Gasteiger partial charge in [-0.3, -0.25) is 14.4 Å². The van der Waals surface area contributed by atoms with Crippen molar-refractivity contribution in [2.75, 3.05) is 20.2 Å². The molecule has 2 heterocycles. The third-order valence-corrected chi connectivity index (χ3v) is 9.20. The van der Waals surface area contributed by atoms with Crippen LogP contribution in [0, 0.1) is 5.92 Å². The van der Waals surface area contributed by atoms with Crippen LogP contribution >= 0.6 is 0 Å². The molecule has 49 heavy (non-hydrogen) atoms. The molecule has 2 aromatic rings. The summed E-state index contributed by atoms with van der Waals surface area (Å²) in [6, 6.07) is 4.30. The number of benzene rings is 1. The monoisotopic (exact) mass is 683 g/mol. The van der Waals surface area contributed by atoms with Crippen molar-refractivity contribution in [3.05, 3.63) is 48.0 Å². The SMILES string of the molecule is CCN1C[C@@H]([C@H](O)[C@H](CC2CCCCC2)NC(=O)[C@H](Cc2cnc[nH]2)NC(=O)[C@H](Cc2ccc(OC)cc2)NC(=O)CC(C)(C)N)OC1=O. The number of hydrogen-bond donors (Lipinski definition) is 6. The van der Waals surface area contributed by atoms with Crippen molar-refractivity contribution in [1.29, 1.82) is 0 Å². The van der Waals surface area contributed by atoms with Gasteiger partial charge in [0.25, 0.3) is 0 Å². The van der Waals surface area contributed by atoms with Crippen molar-refractivity contribution >= 4 is 23.8 Å². The molecule has 2 fully saturated rings. The fourth-order valence-electron chi connectivity index (χ4n) is 6.54. The van der Waals surface area contributed by atoms with Crippen molar-refractivity contribution in [2.45, 2.75) is 114 Å². The first-order valence-corrected chi connectivity index (χ1v) is 17.3. The van der Waals surface area contributed by atoms with Gasteiger partial charge in [-0.15, -0.1) is 0 Å². The van der Waals surface area contributed by atoms with E-state index in [0.717, 1.165) is 37.7 Å². The summed E-state index contributed by atoms with van der Waals surface area (Å²) in [6.45, 7) is 5.94. The lowest BCUT2D eigenvalue weighted by Crippen LogP contribution is -2.59. The van der Waals surface area contributed by atoms with Gasteiger partial charge in [0.15, 0.2) is 0 Å². The number of nitrogens with one attached hydrogen (secondary N) is 4. The highest BCUT2D eigenvalue weighted by atomic mass is 16.6. The van der Waals surface area contributed by atoms with E-state index in [1.807, 2.05) is 6.92 Å². The van der Waals surface area contributed by atoms with Gasteiger partial charge in [-0.05, 0) is 50.8 Å². The first kappa shape index (κ1) is 37.6. The number of ether oxygens (including phenoxy) is 2. The van der Waals surface area contributed by atoms with Gasteiger partial charge in [-0.1, -0.05) is 44.2 Å². The Morgan fingerprint density at radius 3 is 2.35 bits per heavy atom. The lowest BCUT2D eigenvalue weighted by atomic mass is 9.83. The minimum atomic E-state index is -1.16. The average molecular weight is 684 g/mol. The van der Waals surface area contributed by atoms with E-state index in [2.05, 4.69) is 25.9 Å². The molecule has 0 radical (unpaired) electrons. The Bertz CT molecular complexity index is 1370. The predicted octanol–water partition coefficient (Wildman–Crippen LogP) is 1.96. The molecule has 14 nitrogen and oxygen atoms in total. The minimum Gasteiger partial charge on any atom is -0.497 e. The largest absolute Gasteiger partial charge is 0.497 e. The lowest BCUT2D eigenvalue weighted by molar-refractivity contribution is -0.133. The average Bonchev–Trinajstić information content (AvgIpc) is 3.72. The summed E-state index contributed by atoms with van der Waals surface area (Å²) in [7, 11) is 1.56. The number of H-pyrrole nitrogens is 1. The molecule has 7 N–H and O–H groups in total. The van der Waals surface area contributed by atoms with Crippen molar-refractivity contribution in [3.8, 4) is 5.75 Å². The smallest absolute Gasteiger partial charge is 0.410 e. The number of likely N-dealkylation sites (N-methyl/N-ethyl adjacent to an activating group) is 1. The Balaban J connectivity index is 1.56. The molecule has 1 saturated carbocycles. The van der Waals surface area contributed by atoms with E-state index in [-0.39, 0.29) is 31.7 Å². The van der Waals surface area contributed by atoms with Crippen LogP contribution in [0.15, 0.2) is 36.8 Å². The zero-order valence-electron chi connectivity index (χ0n) is 29.1. The number of nitrogens with zero attached hydrogens (tertiary/aromatic N) is 2. The Kier molecular flexibility index (Phi) is 13.4. The molecular formula is C35H53N7O7. The van der Waals surface area contributed by atoms with Gasteiger partial charge in [-0.2, -0.15) is 0 Å². The lowest BCUT2D eigenvalue weighted by Gasteiger charge is -2.33. The summed E-state index contributed by atoms with van der Waals surface area (Å²) in [4.78, 5) is 62.0. The molecule has 2 aliphatic rings. The highest BCUT2D eigenvalue weighted by molar-refractivity contribution is 5.92. The number of hydrogen-bond acceptors (Lipinski definition) is 9. The summed E-state index contributed by atoms with van der Waals surface area (Å²) < 4.78 is 10.8. The van der Waals surface area contributed by atoms with Gasteiger partial charge in [-0.25, -0.2) is 9.78 Å². The number of imidazole rings is 1. The summed E-state index contributed by atoms with van der Waals surface area (Å²) in [6.07, 6.45) is 6.55. The maximum atomic E-state index is 14.1. The molecule has 270 valence electrons. The molecule has 1 saturated heterocycles. The summed E-state index contributed by atoms with van der Waals surface area (Å²) in [5, 5.41) is 20.2. The van der Waals surface area contributed by atoms with E-state index >= 15 is 0 Å². The Morgan fingerprint density at radius 2 is 1.76 bits per heavy atom. The molecule has 14 heteroatoms. The van der Waals surface area contributed by atoms with Crippen molar-refractivity contribution in [3.63, 3.8) is 0 Å². The molecule has 0 bridgehead atoms. The van der Waals surface area contributed by atoms with Crippen LogP contribution in [0.4, 0.5) is 4.79 Å². The number of aromatic amines is 1. The zero-order valence-corrected chi connectivity index (χ0v) is 29.1. The molecule has 4 rings (SSSR count). The molecule has 4 amide bonds. The van der Waals surface area contributed by atoms with E-state index < -0.39 is 59.7 Å². The van der Waals surface area contributed by atoms with E-state index in [4.69, 9.17) is 15.2 Å². The summed E-state index contributed by atoms with van der Waals surface area (Å²) >= 11 is 0. The maximum Gasteiger partial charge on any atom is 0.410 e. The number of aliphatic hydroxyl groups excluding tert-OH is 1. The van der Waals surface area contributed by atoms with Crippen LogP contribution in [0.5, 0.6) is 5.75 Å². The standard InChI is InChI=1S/C35H53N7O7/c1-5-42-20-29(49-34(42)47)31(44)26(15-22-9-7-6-8-10-22)40-33(46)28(17-24-19-37-21-38-24)41-32(45)27(39-30(43)18-35(2,3)36)16-23-11-13-25(48-4)14-12-23/h11-14,19,21-22,26-29,31,44H,5-10,15-18,20,36H2,1-4H3,(H,37,38)(H,39,43)(H,40,46)(H,41,45)/t26-,27-,28-,29-,31+/m0/s1. The highest BCUT2D eigenvalue weighted by Crippen LogP contribution is 2.29. The second-order valence-corrected chi connectivity index (χ2v) is 14.0. The van der Waals surface area contributed by atoms with Crippen LogP contribution in [0.1, 0.15) is 77.0 Å². The van der Waals surface area contributed by atoms with Crippen molar-refractivity contribution in [1.82, 2.24) is 30.8 Å². The van der Waals surface area contributed by atoms with Crippen molar-refractivity contribution < 1.29 is 33.8 Å². The molecule has 1 aromatic carbocycles. The van der Waals surface area contributed by atoms with Crippen LogP contribution in [0.25, 0.3) is 0 Å². The van der Waals surface area contributed by atoms with Crippen LogP contribution < -0.4 is 26.4 Å². The van der Waals surface area contributed by atoms with Crippen LogP contribution in [-0.2, 0) is 32.0 Å². The molecule has 0 unspecified atom stereocenters. The number of methoxy groups -OCH3 is 1. The Morgan fingerprint density at radius 1 is 1.08 bits per heavy atom. The maximum absolute atomic E-state index is 14.1. The van der Waals surface area contributed by atoms with E-state index in [1.165, 1.54) is 11.2 Å². The first-order chi connectivity index (χ1) is 23.3. The number of cyclic esters (lactones) is 1. The molecule has 1 aliphatic heterocycles. The highest BCUT2D eigenvalue weighted by Gasteiger charge is 2.41. The predicted molar refractivity (Wildman–Crippen MR) is 182 cm³/mol. The van der Waals surface area contributed by atoms with Gasteiger partial charge >= 0.3 is 6.09 Å². The van der Waals surface area contributed by atoms with E-state index in [0.29, 0.717) is 24.4 Å². The number of amides is 4. The van der Waals surface area contributed by atoms with Crippen LogP contribution in [0.3, 0.4) is 0 Å². The number of carbonyl (C=O) groups excluding carboxylic acids is 4. The number of aromatic nitrogens is 2. The zero-order chi connectivity index (χ0) is 35.6. The van der Waals surface area contributed by atoms with Gasteiger partial charge in [0.05, 0.1) is 26.0 Å². The number of rotatable bonds is 17. The summed E-state index contributed by atoms with van der Waals surface area (Å²) in [5.41, 5.74) is 6.66. The molecule has 5 atom stereocenters. The van der Waals surface area contributed by atoms with E-state index in [9.17, 15) is 24.3 Å². The Labute approximate surface area is 288 Å². The van der Waals surface area contributed by atoms with Crippen LogP contribution in [0.2, 0.25) is 0 Å². The van der Waals surface area contributed by atoms with Gasteiger partial charge in [0.2, 0.25) is 17.7 Å². The third kappa shape index (κ3) is 11.5. The topological polar surface area (TPSA) is 201 Å². The number of nitrogens with two attached hydrogens (primary N) is 1. The number of aliphatic hydroxyl groups is 1. The fraction of sp³-hybridized carbons (Fsp3) is 0.629. The number of carbonyl (C=O) groups is 4. The second kappa shape index (κ2) is 17.5. The minimum absolute atomic E-state index is 0.0145. The quantitative estimate of drug-likeness (QED) is 0.144. The first-order valence-electron chi connectivity index (χ1n) is 17.3. The second-order valence-electron chi connectivity index (χ2n) is 14.0. The van der Waals surface area contributed by atoms with E-state index in [1.54, 1.807) is 51.4 Å². The van der Waals surface area contributed by atoms with Gasteiger partial charge < -0.3 is 46.1 Å². The van der Waals surface area contributed by atoms with Gasteiger partial charge in [0, 0.05) is 43.2 Å². The van der Waals surface area contributed by atoms with Crippen LogP contribution in [-0.4, -0.2) is 99.9 Å². The molecular weight excluding hydrogens is 630 g/mol. The van der Waals surface area contributed by atoms with Gasteiger partial charge in [0.1, 0.15) is 30.0 Å². The summed E-state index contributed by atoms with van der Waals surface area (Å²) in [5.74, 6) is -0.554. The van der Waals surface area contributed by atoms with Crippen molar-refractivity contribution in [2.24, 2.45) is 11.7 Å². The Hall–Kier alpha value is -4.17. The fourth-order valence-corrected chi connectivity index (χ4v) is 6.54. The molecule has 0 spiro atoms. The molecule has 1 aliphatic carbocycles.